The van der Waals surface area contributed by atoms with Crippen LogP contribution in [0.1, 0.15) is 24.2 Å². The standard InChI is InChI=1S/C16H21N3O6S/c1-11(2)19(10-15(21)22)16(23)12-3-5-13(6-4-12)26(24,25)18-8-7-17-14(20)9-18/h3-6,11H,7-10H2,1-2H3,(H,17,20)(H,21,22). The fourth-order valence-corrected chi connectivity index (χ4v) is 3.94. The Kier molecular flexibility index (Phi) is 5.98. The average molecular weight is 383 g/mol. The Bertz CT molecular complexity index is 804. The number of rotatable bonds is 6. The maximum absolute atomic E-state index is 12.6. The van der Waals surface area contributed by atoms with Crippen molar-refractivity contribution in [2.24, 2.45) is 0 Å². The Labute approximate surface area is 151 Å². The quantitative estimate of drug-likeness (QED) is 0.698. The molecule has 1 saturated heterocycles. The van der Waals surface area contributed by atoms with Crippen LogP contribution >= 0.6 is 0 Å². The number of nitrogens with zero attached hydrogens (tertiary/aromatic N) is 2. The van der Waals surface area contributed by atoms with E-state index in [0.717, 1.165) is 4.31 Å². The van der Waals surface area contributed by atoms with Gasteiger partial charge in [0.15, 0.2) is 0 Å². The number of carbonyl (C=O) groups excluding carboxylic acids is 2. The van der Waals surface area contributed by atoms with Crippen molar-refractivity contribution >= 4 is 27.8 Å². The number of amides is 2. The maximum Gasteiger partial charge on any atom is 0.323 e. The van der Waals surface area contributed by atoms with E-state index in [2.05, 4.69) is 5.32 Å². The van der Waals surface area contributed by atoms with E-state index >= 15 is 0 Å². The van der Waals surface area contributed by atoms with Crippen LogP contribution in [0.2, 0.25) is 0 Å². The number of nitrogens with one attached hydrogen (secondary N) is 1. The summed E-state index contributed by atoms with van der Waals surface area (Å²) in [5.41, 5.74) is 0.190. The van der Waals surface area contributed by atoms with Gasteiger partial charge in [-0.05, 0) is 38.1 Å². The highest BCUT2D eigenvalue weighted by molar-refractivity contribution is 7.89. The second-order valence-corrected chi connectivity index (χ2v) is 8.07. The second-order valence-electron chi connectivity index (χ2n) is 6.13. The Morgan fingerprint density at radius 1 is 1.27 bits per heavy atom. The van der Waals surface area contributed by atoms with Gasteiger partial charge in [-0.3, -0.25) is 14.4 Å². The number of aliphatic carboxylic acids is 1. The van der Waals surface area contributed by atoms with Gasteiger partial charge in [0.2, 0.25) is 15.9 Å². The van der Waals surface area contributed by atoms with Crippen molar-refractivity contribution in [3.8, 4) is 0 Å². The molecular formula is C16H21N3O6S. The minimum absolute atomic E-state index is 0.0296. The topological polar surface area (TPSA) is 124 Å². The molecule has 9 nitrogen and oxygen atoms in total. The van der Waals surface area contributed by atoms with Gasteiger partial charge in [-0.25, -0.2) is 8.42 Å². The third-order valence-corrected chi connectivity index (χ3v) is 5.79. The monoisotopic (exact) mass is 383 g/mol. The number of carboxylic acids is 1. The SMILES string of the molecule is CC(C)N(CC(=O)O)C(=O)c1ccc(S(=O)(=O)N2CCNC(=O)C2)cc1. The first-order valence-corrected chi connectivity index (χ1v) is 9.46. The molecule has 1 aliphatic rings. The molecule has 0 radical (unpaired) electrons. The summed E-state index contributed by atoms with van der Waals surface area (Å²) in [5.74, 6) is -1.99. The Balaban J connectivity index is 2.22. The van der Waals surface area contributed by atoms with Gasteiger partial charge in [0.1, 0.15) is 6.54 Å². The molecule has 1 aromatic carbocycles. The molecule has 0 bridgehead atoms. The molecule has 142 valence electrons. The zero-order chi connectivity index (χ0) is 19.5. The van der Waals surface area contributed by atoms with Crippen LogP contribution in [0.15, 0.2) is 29.2 Å². The third kappa shape index (κ3) is 4.38. The minimum atomic E-state index is -3.84. The fourth-order valence-electron chi connectivity index (χ4n) is 2.54. The summed E-state index contributed by atoms with van der Waals surface area (Å²) >= 11 is 0. The van der Waals surface area contributed by atoms with Crippen molar-refractivity contribution in [3.05, 3.63) is 29.8 Å². The van der Waals surface area contributed by atoms with Crippen LogP contribution in [0.3, 0.4) is 0 Å². The second kappa shape index (κ2) is 7.83. The molecule has 2 rings (SSSR count). The normalized spacial score (nSPS) is 15.6. The van der Waals surface area contributed by atoms with Crippen molar-refractivity contribution < 1.29 is 27.9 Å². The number of hydrogen-bond donors (Lipinski definition) is 2. The molecule has 0 aromatic heterocycles. The van der Waals surface area contributed by atoms with Crippen molar-refractivity contribution in [2.45, 2.75) is 24.8 Å². The van der Waals surface area contributed by atoms with Gasteiger partial charge in [-0.1, -0.05) is 0 Å². The third-order valence-electron chi connectivity index (χ3n) is 3.93. The predicted molar refractivity (Wildman–Crippen MR) is 92.0 cm³/mol. The molecule has 0 unspecified atom stereocenters. The molecule has 10 heteroatoms. The Hall–Kier alpha value is -2.46. The number of sulfonamides is 1. The molecule has 26 heavy (non-hydrogen) atoms. The van der Waals surface area contributed by atoms with Crippen LogP contribution in [-0.2, 0) is 19.6 Å². The number of hydrogen-bond acceptors (Lipinski definition) is 5. The molecular weight excluding hydrogens is 362 g/mol. The minimum Gasteiger partial charge on any atom is -0.480 e. The summed E-state index contributed by atoms with van der Waals surface area (Å²) in [6.07, 6.45) is 0. The highest BCUT2D eigenvalue weighted by Crippen LogP contribution is 2.18. The smallest absolute Gasteiger partial charge is 0.323 e. The number of piperazine rings is 1. The molecule has 1 fully saturated rings. The van der Waals surface area contributed by atoms with Crippen LogP contribution in [0, 0.1) is 0 Å². The van der Waals surface area contributed by atoms with Crippen LogP contribution in [0.25, 0.3) is 0 Å². The van der Waals surface area contributed by atoms with Gasteiger partial charge in [-0.2, -0.15) is 4.31 Å². The predicted octanol–water partition coefficient (Wildman–Crippen LogP) is -0.258. The van der Waals surface area contributed by atoms with Crippen molar-refractivity contribution in [1.29, 1.82) is 0 Å². The summed E-state index contributed by atoms with van der Waals surface area (Å²) in [7, 11) is -3.84. The van der Waals surface area contributed by atoms with Gasteiger partial charge in [0, 0.05) is 24.7 Å². The van der Waals surface area contributed by atoms with E-state index in [0.29, 0.717) is 0 Å². The van der Waals surface area contributed by atoms with Gasteiger partial charge in [0.25, 0.3) is 5.91 Å². The van der Waals surface area contributed by atoms with E-state index in [1.165, 1.54) is 29.2 Å². The average Bonchev–Trinajstić information content (AvgIpc) is 2.59. The summed E-state index contributed by atoms with van der Waals surface area (Å²) in [6, 6.07) is 4.93. The lowest BCUT2D eigenvalue weighted by molar-refractivity contribution is -0.138. The number of benzene rings is 1. The highest BCUT2D eigenvalue weighted by atomic mass is 32.2. The van der Waals surface area contributed by atoms with Gasteiger partial charge >= 0.3 is 5.97 Å². The largest absolute Gasteiger partial charge is 0.480 e. The van der Waals surface area contributed by atoms with Crippen molar-refractivity contribution in [3.63, 3.8) is 0 Å². The fraction of sp³-hybridized carbons (Fsp3) is 0.438. The van der Waals surface area contributed by atoms with Crippen LogP contribution < -0.4 is 5.32 Å². The van der Waals surface area contributed by atoms with Crippen LogP contribution in [0.4, 0.5) is 0 Å². The van der Waals surface area contributed by atoms with Crippen LogP contribution in [-0.4, -0.2) is 72.7 Å². The lowest BCUT2D eigenvalue weighted by Gasteiger charge is -2.26. The summed E-state index contributed by atoms with van der Waals surface area (Å²) in [6.45, 7) is 3.12. The first kappa shape index (κ1) is 19.9. The van der Waals surface area contributed by atoms with Gasteiger partial charge in [0.05, 0.1) is 11.4 Å². The molecule has 1 aliphatic heterocycles. The number of carboxylic acid groups (broad SMARTS) is 1. The molecule has 0 spiro atoms. The summed E-state index contributed by atoms with van der Waals surface area (Å²) < 4.78 is 26.2. The summed E-state index contributed by atoms with van der Waals surface area (Å²) in [4.78, 5) is 36.0. The molecule has 1 heterocycles. The highest BCUT2D eigenvalue weighted by Gasteiger charge is 2.29. The van der Waals surface area contributed by atoms with E-state index in [4.69, 9.17) is 5.11 Å². The molecule has 1 aromatic rings. The van der Waals surface area contributed by atoms with Crippen molar-refractivity contribution in [2.75, 3.05) is 26.2 Å². The van der Waals surface area contributed by atoms with Crippen LogP contribution in [0.5, 0.6) is 0 Å². The molecule has 0 atom stereocenters. The molecule has 2 amide bonds. The molecule has 0 aliphatic carbocycles. The van der Waals surface area contributed by atoms with E-state index in [1.807, 2.05) is 0 Å². The van der Waals surface area contributed by atoms with E-state index in [9.17, 15) is 22.8 Å². The lowest BCUT2D eigenvalue weighted by atomic mass is 10.1. The Morgan fingerprint density at radius 2 is 1.88 bits per heavy atom. The first-order chi connectivity index (χ1) is 12.1. The van der Waals surface area contributed by atoms with E-state index in [1.54, 1.807) is 13.8 Å². The van der Waals surface area contributed by atoms with Gasteiger partial charge in [-0.15, -0.1) is 0 Å². The Morgan fingerprint density at radius 3 is 2.38 bits per heavy atom. The zero-order valence-corrected chi connectivity index (χ0v) is 15.3. The molecule has 0 saturated carbocycles. The van der Waals surface area contributed by atoms with E-state index in [-0.39, 0.29) is 42.0 Å². The van der Waals surface area contributed by atoms with E-state index < -0.39 is 28.4 Å². The summed E-state index contributed by atoms with van der Waals surface area (Å²) in [5, 5.41) is 11.5. The lowest BCUT2D eigenvalue weighted by Crippen LogP contribution is -2.49. The van der Waals surface area contributed by atoms with Gasteiger partial charge < -0.3 is 15.3 Å². The first-order valence-electron chi connectivity index (χ1n) is 8.02. The maximum atomic E-state index is 12.6. The van der Waals surface area contributed by atoms with Crippen molar-refractivity contribution in [1.82, 2.24) is 14.5 Å². The zero-order valence-electron chi connectivity index (χ0n) is 14.5. The number of carbonyl (C=O) groups is 3. The molecule has 2 N–H and O–H groups in total.